The largest absolute Gasteiger partial charge is 0.461 e. The van der Waals surface area contributed by atoms with Gasteiger partial charge < -0.3 is 19.5 Å². The second-order valence-electron chi connectivity index (χ2n) is 5.21. The maximum Gasteiger partial charge on any atom is 0.325 e. The van der Waals surface area contributed by atoms with E-state index in [1.165, 1.54) is 0 Å². The lowest BCUT2D eigenvalue weighted by Gasteiger charge is -2.21. The maximum absolute atomic E-state index is 11.7. The second-order valence-corrected chi connectivity index (χ2v) is 5.21. The molecule has 0 bridgehead atoms. The molecule has 106 valence electrons. The molecule has 5 heteroatoms. The molecule has 1 aliphatic heterocycles. The van der Waals surface area contributed by atoms with Gasteiger partial charge in [-0.15, -0.1) is 0 Å². The minimum absolute atomic E-state index is 0.00851. The van der Waals surface area contributed by atoms with Gasteiger partial charge >= 0.3 is 5.97 Å². The van der Waals surface area contributed by atoms with Crippen molar-refractivity contribution in [2.45, 2.75) is 45.4 Å². The fraction of sp³-hybridized carbons (Fsp3) is 0.923. The van der Waals surface area contributed by atoms with Crippen LogP contribution in [0.25, 0.3) is 0 Å². The Kier molecular flexibility index (Phi) is 6.60. The minimum Gasteiger partial charge on any atom is -0.461 e. The van der Waals surface area contributed by atoms with E-state index < -0.39 is 6.04 Å². The topological polar surface area (TPSA) is 56.8 Å². The molecule has 1 heterocycles. The Labute approximate surface area is 109 Å². The monoisotopic (exact) mass is 259 g/mol. The lowest BCUT2D eigenvalue weighted by Crippen LogP contribution is -2.40. The first-order chi connectivity index (χ1) is 8.52. The third-order valence-electron chi connectivity index (χ3n) is 2.80. The lowest BCUT2D eigenvalue weighted by atomic mass is 10.2. The van der Waals surface area contributed by atoms with Crippen LogP contribution in [0.4, 0.5) is 0 Å². The summed E-state index contributed by atoms with van der Waals surface area (Å²) in [6, 6.07) is -0.392. The predicted molar refractivity (Wildman–Crippen MR) is 68.4 cm³/mol. The molecule has 18 heavy (non-hydrogen) atoms. The first-order valence-corrected chi connectivity index (χ1v) is 6.60. The standard InChI is InChI=1S/C13H25NO4/c1-9(2)6-17-11-5-10(3)18-13(15)12(14-4)8-16-7-11/h9-12,14H,5-8H2,1-4H3/t10?,11?,12-/m0/s1. The van der Waals surface area contributed by atoms with Gasteiger partial charge in [-0.2, -0.15) is 0 Å². The number of ether oxygens (including phenoxy) is 3. The van der Waals surface area contributed by atoms with Crippen LogP contribution in [0.2, 0.25) is 0 Å². The van der Waals surface area contributed by atoms with Gasteiger partial charge in [0, 0.05) is 13.0 Å². The van der Waals surface area contributed by atoms with Gasteiger partial charge in [-0.3, -0.25) is 4.79 Å². The van der Waals surface area contributed by atoms with E-state index >= 15 is 0 Å². The summed E-state index contributed by atoms with van der Waals surface area (Å²) in [7, 11) is 1.73. The van der Waals surface area contributed by atoms with E-state index in [0.29, 0.717) is 32.2 Å². The van der Waals surface area contributed by atoms with E-state index in [1.54, 1.807) is 7.05 Å². The van der Waals surface area contributed by atoms with Gasteiger partial charge in [0.25, 0.3) is 0 Å². The molecule has 1 fully saturated rings. The molecule has 2 unspecified atom stereocenters. The first-order valence-electron chi connectivity index (χ1n) is 6.60. The average molecular weight is 259 g/mol. The number of nitrogens with one attached hydrogen (secondary N) is 1. The predicted octanol–water partition coefficient (Wildman–Crippen LogP) is 0.968. The number of cyclic esters (lactones) is 1. The highest BCUT2D eigenvalue weighted by Gasteiger charge is 2.26. The molecule has 0 aromatic carbocycles. The Bertz CT molecular complexity index is 257. The summed E-state index contributed by atoms with van der Waals surface area (Å²) in [5, 5.41) is 2.89. The highest BCUT2D eigenvalue weighted by atomic mass is 16.6. The molecule has 5 nitrogen and oxygen atoms in total. The normalized spacial score (nSPS) is 30.5. The number of esters is 1. The summed E-state index contributed by atoms with van der Waals surface area (Å²) in [5.41, 5.74) is 0. The van der Waals surface area contributed by atoms with Gasteiger partial charge in [0.2, 0.25) is 0 Å². The Balaban J connectivity index is 2.52. The summed E-state index contributed by atoms with van der Waals surface area (Å²) in [6.45, 7) is 7.63. The van der Waals surface area contributed by atoms with Crippen molar-refractivity contribution in [2.24, 2.45) is 5.92 Å². The number of carbonyl (C=O) groups is 1. The molecule has 1 aliphatic rings. The summed E-state index contributed by atoms with van der Waals surface area (Å²) in [6.07, 6.45) is 0.521. The van der Waals surface area contributed by atoms with Gasteiger partial charge in [0.15, 0.2) is 0 Å². The van der Waals surface area contributed by atoms with Crippen LogP contribution >= 0.6 is 0 Å². The van der Waals surface area contributed by atoms with E-state index in [2.05, 4.69) is 19.2 Å². The molecular weight excluding hydrogens is 234 g/mol. The maximum atomic E-state index is 11.7. The molecule has 0 saturated carbocycles. The molecule has 1 rings (SSSR count). The number of likely N-dealkylation sites (N-methyl/N-ethyl adjacent to an activating group) is 1. The summed E-state index contributed by atoms with van der Waals surface area (Å²) in [4.78, 5) is 11.7. The van der Waals surface area contributed by atoms with E-state index in [-0.39, 0.29) is 18.2 Å². The van der Waals surface area contributed by atoms with Crippen molar-refractivity contribution in [3.05, 3.63) is 0 Å². The van der Waals surface area contributed by atoms with Gasteiger partial charge in [-0.25, -0.2) is 0 Å². The molecule has 1 saturated heterocycles. The minimum atomic E-state index is -0.392. The van der Waals surface area contributed by atoms with Crippen molar-refractivity contribution in [1.82, 2.24) is 5.32 Å². The van der Waals surface area contributed by atoms with E-state index in [9.17, 15) is 4.79 Å². The number of carbonyl (C=O) groups excluding carboxylic acids is 1. The van der Waals surface area contributed by atoms with Crippen molar-refractivity contribution < 1.29 is 19.0 Å². The van der Waals surface area contributed by atoms with E-state index in [0.717, 1.165) is 0 Å². The first kappa shape index (κ1) is 15.4. The Hall–Kier alpha value is -0.650. The molecule has 3 atom stereocenters. The van der Waals surface area contributed by atoms with E-state index in [4.69, 9.17) is 14.2 Å². The van der Waals surface area contributed by atoms with Crippen LogP contribution < -0.4 is 5.32 Å². The van der Waals surface area contributed by atoms with Crippen LogP contribution in [-0.2, 0) is 19.0 Å². The Morgan fingerprint density at radius 1 is 1.44 bits per heavy atom. The van der Waals surface area contributed by atoms with Crippen molar-refractivity contribution in [3.8, 4) is 0 Å². The highest BCUT2D eigenvalue weighted by molar-refractivity contribution is 5.76. The van der Waals surface area contributed by atoms with E-state index in [1.807, 2.05) is 6.92 Å². The van der Waals surface area contributed by atoms with Crippen LogP contribution in [0.5, 0.6) is 0 Å². The Morgan fingerprint density at radius 2 is 2.17 bits per heavy atom. The molecular formula is C13H25NO4. The third kappa shape index (κ3) is 5.33. The van der Waals surface area contributed by atoms with Gasteiger partial charge in [0.1, 0.15) is 12.1 Å². The van der Waals surface area contributed by atoms with Crippen molar-refractivity contribution in [2.75, 3.05) is 26.9 Å². The molecule has 0 aromatic rings. The van der Waals surface area contributed by atoms with Crippen molar-refractivity contribution in [3.63, 3.8) is 0 Å². The number of hydrogen-bond acceptors (Lipinski definition) is 5. The zero-order valence-corrected chi connectivity index (χ0v) is 11.8. The molecule has 0 amide bonds. The highest BCUT2D eigenvalue weighted by Crippen LogP contribution is 2.12. The fourth-order valence-electron chi connectivity index (χ4n) is 1.80. The molecule has 0 radical (unpaired) electrons. The quantitative estimate of drug-likeness (QED) is 0.762. The Morgan fingerprint density at radius 3 is 2.78 bits per heavy atom. The van der Waals surface area contributed by atoms with Gasteiger partial charge in [-0.05, 0) is 19.9 Å². The third-order valence-corrected chi connectivity index (χ3v) is 2.80. The van der Waals surface area contributed by atoms with Crippen molar-refractivity contribution >= 4 is 5.97 Å². The average Bonchev–Trinajstić information content (AvgIpc) is 2.36. The smallest absolute Gasteiger partial charge is 0.325 e. The summed E-state index contributed by atoms with van der Waals surface area (Å²) >= 11 is 0. The number of rotatable bonds is 4. The lowest BCUT2D eigenvalue weighted by molar-refractivity contribution is -0.152. The molecule has 0 aromatic heterocycles. The number of hydrogen-bond donors (Lipinski definition) is 1. The summed E-state index contributed by atoms with van der Waals surface area (Å²) in [5.74, 6) is 0.232. The van der Waals surface area contributed by atoms with Crippen LogP contribution in [0.1, 0.15) is 27.2 Å². The van der Waals surface area contributed by atoms with Gasteiger partial charge in [-0.1, -0.05) is 13.8 Å². The van der Waals surface area contributed by atoms with Crippen LogP contribution in [-0.4, -0.2) is 51.1 Å². The molecule has 0 spiro atoms. The SMILES string of the molecule is CN[C@H]1COCC(OCC(C)C)CC(C)OC1=O. The van der Waals surface area contributed by atoms with Crippen molar-refractivity contribution in [1.29, 1.82) is 0 Å². The van der Waals surface area contributed by atoms with Gasteiger partial charge in [0.05, 0.1) is 19.3 Å². The van der Waals surface area contributed by atoms with Crippen LogP contribution in [0.15, 0.2) is 0 Å². The fourth-order valence-corrected chi connectivity index (χ4v) is 1.80. The zero-order valence-electron chi connectivity index (χ0n) is 11.8. The van der Waals surface area contributed by atoms with Crippen LogP contribution in [0, 0.1) is 5.92 Å². The molecule has 0 aliphatic carbocycles. The second kappa shape index (κ2) is 7.71. The summed E-state index contributed by atoms with van der Waals surface area (Å²) < 4.78 is 16.7. The zero-order chi connectivity index (χ0) is 13.5. The molecule has 1 N–H and O–H groups in total. The van der Waals surface area contributed by atoms with Crippen LogP contribution in [0.3, 0.4) is 0 Å².